The van der Waals surface area contributed by atoms with E-state index in [1.54, 1.807) is 16.7 Å². The van der Waals surface area contributed by atoms with Gasteiger partial charge in [-0.2, -0.15) is 0 Å². The number of sulfonamides is 1. The lowest BCUT2D eigenvalue weighted by Crippen LogP contribution is -2.36. The summed E-state index contributed by atoms with van der Waals surface area (Å²) in [5, 5.41) is 17.9. The second kappa shape index (κ2) is 11.6. The number of carboxylic acid groups (broad SMARTS) is 2. The summed E-state index contributed by atoms with van der Waals surface area (Å²) in [5.41, 5.74) is 1.07. The minimum absolute atomic E-state index is 0.174. The first-order valence-corrected chi connectivity index (χ1v) is 9.97. The Labute approximate surface area is 153 Å². The van der Waals surface area contributed by atoms with Crippen LogP contribution in [0.15, 0.2) is 24.5 Å². The predicted octanol–water partition coefficient (Wildman–Crippen LogP) is 0.533. The van der Waals surface area contributed by atoms with E-state index in [2.05, 4.69) is 10.3 Å². The van der Waals surface area contributed by atoms with Crippen molar-refractivity contribution in [2.45, 2.75) is 32.2 Å². The van der Waals surface area contributed by atoms with Crippen LogP contribution >= 0.6 is 0 Å². The van der Waals surface area contributed by atoms with Crippen LogP contribution in [0, 0.1) is 0 Å². The third-order valence-electron chi connectivity index (χ3n) is 3.73. The van der Waals surface area contributed by atoms with Crippen LogP contribution in [0.1, 0.15) is 31.2 Å². The second-order valence-corrected chi connectivity index (χ2v) is 7.87. The summed E-state index contributed by atoms with van der Waals surface area (Å²) in [5.74, 6) is -3.47. The van der Waals surface area contributed by atoms with Crippen molar-refractivity contribution in [2.24, 2.45) is 0 Å². The molecule has 146 valence electrons. The molecule has 1 aromatic rings. The Morgan fingerprint density at radius 2 is 1.73 bits per heavy atom. The molecular weight excluding hydrogens is 362 g/mol. The molecule has 10 heteroatoms. The number of nitrogens with zero attached hydrogens (tertiary/aromatic N) is 2. The molecule has 1 aliphatic rings. The molecule has 2 rings (SSSR count). The Kier molecular flexibility index (Phi) is 9.78. The number of hydrogen-bond donors (Lipinski definition) is 3. The Bertz CT molecular complexity index is 646. The fraction of sp³-hybridized carbons (Fsp3) is 0.562. The van der Waals surface area contributed by atoms with E-state index < -0.39 is 22.0 Å². The number of rotatable bonds is 6. The molecule has 1 fully saturated rings. The topological polar surface area (TPSA) is 137 Å². The third-order valence-corrected chi connectivity index (χ3v) is 5.60. The van der Waals surface area contributed by atoms with Crippen molar-refractivity contribution in [3.05, 3.63) is 30.1 Å². The molecule has 3 N–H and O–H groups in total. The van der Waals surface area contributed by atoms with Crippen molar-refractivity contribution in [3.63, 3.8) is 0 Å². The summed E-state index contributed by atoms with van der Waals surface area (Å²) in [4.78, 5) is 22.2. The zero-order chi connectivity index (χ0) is 19.4. The van der Waals surface area contributed by atoms with Gasteiger partial charge in [0, 0.05) is 38.6 Å². The average molecular weight is 387 g/mol. The molecular formula is C16H25N3O6S. The molecule has 0 aromatic carbocycles. The van der Waals surface area contributed by atoms with Crippen molar-refractivity contribution in [3.8, 4) is 0 Å². The minimum Gasteiger partial charge on any atom is -0.473 e. The highest BCUT2D eigenvalue weighted by atomic mass is 32.2. The summed E-state index contributed by atoms with van der Waals surface area (Å²) in [7, 11) is -3.11. The number of hydrogen-bond acceptors (Lipinski definition) is 6. The molecule has 0 aliphatic carbocycles. The first-order valence-electron chi connectivity index (χ1n) is 8.36. The Balaban J connectivity index is 0.000000487. The van der Waals surface area contributed by atoms with Gasteiger partial charge >= 0.3 is 11.9 Å². The van der Waals surface area contributed by atoms with Crippen LogP contribution < -0.4 is 5.32 Å². The van der Waals surface area contributed by atoms with Gasteiger partial charge in [-0.25, -0.2) is 22.3 Å². The van der Waals surface area contributed by atoms with E-state index in [1.165, 1.54) is 0 Å². The van der Waals surface area contributed by atoms with Crippen LogP contribution in [-0.4, -0.2) is 65.2 Å². The lowest BCUT2D eigenvalue weighted by Gasteiger charge is -2.19. The summed E-state index contributed by atoms with van der Waals surface area (Å²) in [6.07, 6.45) is 7.78. The highest BCUT2D eigenvalue weighted by Crippen LogP contribution is 2.13. The Morgan fingerprint density at radius 1 is 1.12 bits per heavy atom. The van der Waals surface area contributed by atoms with Crippen LogP contribution in [0.2, 0.25) is 0 Å². The van der Waals surface area contributed by atoms with Crippen molar-refractivity contribution in [1.29, 1.82) is 0 Å². The molecule has 0 atom stereocenters. The third kappa shape index (κ3) is 8.88. The summed E-state index contributed by atoms with van der Waals surface area (Å²) in [6, 6.07) is 3.86. The van der Waals surface area contributed by atoms with Crippen LogP contribution in [0.3, 0.4) is 0 Å². The molecule has 0 spiro atoms. The number of carboxylic acids is 2. The number of aromatic nitrogens is 1. The molecule has 0 saturated carbocycles. The summed E-state index contributed by atoms with van der Waals surface area (Å²) in [6.45, 7) is 2.51. The zero-order valence-corrected chi connectivity index (χ0v) is 15.3. The van der Waals surface area contributed by atoms with E-state index >= 15 is 0 Å². The van der Waals surface area contributed by atoms with Crippen LogP contribution in [0.5, 0.6) is 0 Å². The van der Waals surface area contributed by atoms with E-state index in [9.17, 15) is 8.42 Å². The first kappa shape index (κ1) is 22.0. The van der Waals surface area contributed by atoms with Crippen molar-refractivity contribution in [1.82, 2.24) is 14.6 Å². The molecule has 0 unspecified atom stereocenters. The quantitative estimate of drug-likeness (QED) is 0.475. The van der Waals surface area contributed by atoms with Gasteiger partial charge in [-0.1, -0.05) is 18.9 Å². The number of pyridine rings is 1. The van der Waals surface area contributed by atoms with E-state index in [1.807, 2.05) is 12.1 Å². The maximum absolute atomic E-state index is 12.2. The SMILES string of the molecule is O=C(O)C(=O)O.O=S(=O)(CCNCc1cccnc1)N1CCCCCC1. The van der Waals surface area contributed by atoms with Gasteiger partial charge in [0.05, 0.1) is 5.75 Å². The molecule has 0 amide bonds. The van der Waals surface area contributed by atoms with Gasteiger partial charge in [0.15, 0.2) is 0 Å². The van der Waals surface area contributed by atoms with E-state index in [4.69, 9.17) is 19.8 Å². The largest absolute Gasteiger partial charge is 0.473 e. The maximum Gasteiger partial charge on any atom is 0.414 e. The Morgan fingerprint density at radius 3 is 2.23 bits per heavy atom. The fourth-order valence-corrected chi connectivity index (χ4v) is 3.86. The molecule has 1 aliphatic heterocycles. The highest BCUT2D eigenvalue weighted by Gasteiger charge is 2.22. The van der Waals surface area contributed by atoms with Gasteiger partial charge in [-0.15, -0.1) is 0 Å². The molecule has 2 heterocycles. The molecule has 1 aromatic heterocycles. The smallest absolute Gasteiger partial charge is 0.414 e. The maximum atomic E-state index is 12.2. The van der Waals surface area contributed by atoms with Crippen LogP contribution in [0.25, 0.3) is 0 Å². The first-order chi connectivity index (χ1) is 12.3. The molecule has 1 saturated heterocycles. The Hall–Kier alpha value is -2.04. The highest BCUT2D eigenvalue weighted by molar-refractivity contribution is 7.89. The van der Waals surface area contributed by atoms with E-state index in [0.717, 1.165) is 31.2 Å². The van der Waals surface area contributed by atoms with Crippen molar-refractivity contribution >= 4 is 22.0 Å². The van der Waals surface area contributed by atoms with E-state index in [-0.39, 0.29) is 5.75 Å². The van der Waals surface area contributed by atoms with Gasteiger partial charge < -0.3 is 15.5 Å². The lowest BCUT2D eigenvalue weighted by atomic mass is 10.2. The predicted molar refractivity (Wildman–Crippen MR) is 95.0 cm³/mol. The van der Waals surface area contributed by atoms with E-state index in [0.29, 0.717) is 26.2 Å². The molecule has 9 nitrogen and oxygen atoms in total. The summed E-state index contributed by atoms with van der Waals surface area (Å²) >= 11 is 0. The molecule has 0 radical (unpaired) electrons. The van der Waals surface area contributed by atoms with Crippen LogP contribution in [-0.2, 0) is 26.2 Å². The van der Waals surface area contributed by atoms with Gasteiger partial charge in [-0.3, -0.25) is 4.98 Å². The van der Waals surface area contributed by atoms with Gasteiger partial charge in [0.2, 0.25) is 10.0 Å². The normalized spacial score (nSPS) is 15.4. The minimum atomic E-state index is -3.11. The number of aliphatic carboxylic acids is 2. The average Bonchev–Trinajstić information content (AvgIpc) is 2.90. The lowest BCUT2D eigenvalue weighted by molar-refractivity contribution is -0.159. The zero-order valence-electron chi connectivity index (χ0n) is 14.5. The standard InChI is InChI=1S/C14H23N3O2S.C2H2O4/c18-20(19,17-9-3-1-2-4-10-17)11-8-16-13-14-6-5-7-15-12-14;3-1(4)2(5)6/h5-7,12,16H,1-4,8-11,13H2;(H,3,4)(H,5,6). The molecule has 0 bridgehead atoms. The van der Waals surface area contributed by atoms with Crippen molar-refractivity contribution in [2.75, 3.05) is 25.4 Å². The molecule has 26 heavy (non-hydrogen) atoms. The number of nitrogens with one attached hydrogen (secondary N) is 1. The van der Waals surface area contributed by atoms with Crippen molar-refractivity contribution < 1.29 is 28.2 Å². The van der Waals surface area contributed by atoms with Gasteiger partial charge in [0.25, 0.3) is 0 Å². The van der Waals surface area contributed by atoms with Gasteiger partial charge in [0.1, 0.15) is 0 Å². The monoisotopic (exact) mass is 387 g/mol. The van der Waals surface area contributed by atoms with Crippen LogP contribution in [0.4, 0.5) is 0 Å². The van der Waals surface area contributed by atoms with Gasteiger partial charge in [-0.05, 0) is 24.5 Å². The number of carbonyl (C=O) groups is 2. The second-order valence-electron chi connectivity index (χ2n) is 5.78. The summed E-state index contributed by atoms with van der Waals surface area (Å²) < 4.78 is 26.1. The fourth-order valence-electron chi connectivity index (χ4n) is 2.39.